The van der Waals surface area contributed by atoms with Crippen LogP contribution < -0.4 is 0 Å². The van der Waals surface area contributed by atoms with Gasteiger partial charge in [0.25, 0.3) is 0 Å². The van der Waals surface area contributed by atoms with Crippen LogP contribution in [0.25, 0.3) is 124 Å². The molecule has 4 heterocycles. The number of aromatic nitrogens is 3. The third kappa shape index (κ3) is 3.94. The first-order valence-corrected chi connectivity index (χ1v) is 19.4. The highest BCUT2D eigenvalue weighted by Gasteiger charge is 2.24. The maximum Gasteiger partial charge on any atom is 0.236 e. The summed E-state index contributed by atoms with van der Waals surface area (Å²) in [6.45, 7) is 0. The van der Waals surface area contributed by atoms with Crippen LogP contribution in [-0.4, -0.2) is 14.5 Å². The summed E-state index contributed by atoms with van der Waals surface area (Å²) >= 11 is 1.82. The van der Waals surface area contributed by atoms with E-state index >= 15 is 0 Å². The fourth-order valence-corrected chi connectivity index (χ4v) is 10.3. The molecule has 13 rings (SSSR count). The number of fused-ring (bicyclic) bond motifs is 18. The fourth-order valence-electron chi connectivity index (χ4n) is 9.23. The molecule has 55 heavy (non-hydrogen) atoms. The molecule has 0 fully saturated rings. The van der Waals surface area contributed by atoms with E-state index in [1.54, 1.807) is 0 Å². The number of nitrogens with zero attached hydrogens (tertiary/aromatic N) is 3. The Bertz CT molecular complexity index is 3760. The lowest BCUT2D eigenvalue weighted by atomic mass is 9.91. The van der Waals surface area contributed by atoms with Gasteiger partial charge in [-0.25, -0.2) is 9.97 Å². The van der Waals surface area contributed by atoms with Crippen molar-refractivity contribution in [2.75, 3.05) is 0 Å². The normalized spacial score (nSPS) is 12.4. The molecule has 254 valence electrons. The van der Waals surface area contributed by atoms with Crippen LogP contribution in [0.5, 0.6) is 0 Å². The molecule has 0 spiro atoms. The molecule has 0 amide bonds. The third-order valence-corrected chi connectivity index (χ3v) is 12.7. The molecule has 0 N–H and O–H groups in total. The molecule has 0 bridgehead atoms. The maximum atomic E-state index is 6.64. The second kappa shape index (κ2) is 10.8. The Morgan fingerprint density at radius 2 is 1.05 bits per heavy atom. The zero-order valence-corrected chi connectivity index (χ0v) is 30.1. The minimum absolute atomic E-state index is 0.615. The van der Waals surface area contributed by atoms with Crippen LogP contribution in [0.4, 0.5) is 0 Å². The Kier molecular flexibility index (Phi) is 5.74. The lowest BCUT2D eigenvalue weighted by Gasteiger charge is -2.13. The van der Waals surface area contributed by atoms with Crippen molar-refractivity contribution >= 4 is 118 Å². The van der Waals surface area contributed by atoms with E-state index in [2.05, 4.69) is 156 Å². The van der Waals surface area contributed by atoms with E-state index in [1.807, 2.05) is 23.5 Å². The SMILES string of the molecule is c1ccc2c(c1)ccc1c2c2c3c4ccccc4c4ccccc4c3ccc2n1-c1nc(-c2ccc3sc4ccccc4c3c2)c2oc3ccccc3c2n1. The van der Waals surface area contributed by atoms with Crippen molar-refractivity contribution in [2.24, 2.45) is 0 Å². The first-order valence-electron chi connectivity index (χ1n) is 18.6. The second-order valence-corrected chi connectivity index (χ2v) is 15.5. The third-order valence-electron chi connectivity index (χ3n) is 11.6. The van der Waals surface area contributed by atoms with Gasteiger partial charge in [-0.1, -0.05) is 121 Å². The van der Waals surface area contributed by atoms with Crippen LogP contribution in [0.3, 0.4) is 0 Å². The van der Waals surface area contributed by atoms with Gasteiger partial charge in [-0.2, -0.15) is 0 Å². The van der Waals surface area contributed by atoms with E-state index < -0.39 is 0 Å². The van der Waals surface area contributed by atoms with Gasteiger partial charge in [0, 0.05) is 47.3 Å². The second-order valence-electron chi connectivity index (χ2n) is 14.4. The molecule has 0 unspecified atom stereocenters. The maximum absolute atomic E-state index is 6.64. The van der Waals surface area contributed by atoms with E-state index in [1.165, 1.54) is 74.0 Å². The molecular weight excluding hydrogens is 691 g/mol. The number of furan rings is 1. The Hall–Kier alpha value is -7.08. The molecule has 13 aromatic rings. The van der Waals surface area contributed by atoms with Gasteiger partial charge in [0.05, 0.1) is 11.0 Å². The Morgan fingerprint density at radius 1 is 0.436 bits per heavy atom. The van der Waals surface area contributed by atoms with Crippen molar-refractivity contribution in [3.63, 3.8) is 0 Å². The van der Waals surface area contributed by atoms with Gasteiger partial charge in [-0.3, -0.25) is 4.57 Å². The monoisotopic (exact) mass is 717 g/mol. The molecule has 9 aromatic carbocycles. The number of para-hydroxylation sites is 1. The van der Waals surface area contributed by atoms with Crippen LogP contribution in [0.1, 0.15) is 0 Å². The van der Waals surface area contributed by atoms with Gasteiger partial charge in [0.1, 0.15) is 16.8 Å². The van der Waals surface area contributed by atoms with Crippen molar-refractivity contribution in [2.45, 2.75) is 0 Å². The predicted molar refractivity (Wildman–Crippen MR) is 232 cm³/mol. The molecule has 0 aliphatic carbocycles. The predicted octanol–water partition coefficient (Wildman–Crippen LogP) is 14.1. The first kappa shape index (κ1) is 29.4. The molecule has 0 aliphatic rings. The number of hydrogen-bond donors (Lipinski definition) is 0. The van der Waals surface area contributed by atoms with Gasteiger partial charge in [-0.15, -0.1) is 11.3 Å². The number of thiophene rings is 1. The summed E-state index contributed by atoms with van der Waals surface area (Å²) in [5, 5.41) is 15.7. The average Bonchev–Trinajstić information content (AvgIpc) is 3.93. The summed E-state index contributed by atoms with van der Waals surface area (Å²) in [6, 6.07) is 58.9. The Labute approximate surface area is 317 Å². The van der Waals surface area contributed by atoms with E-state index in [4.69, 9.17) is 14.4 Å². The molecule has 4 aromatic heterocycles. The van der Waals surface area contributed by atoms with Gasteiger partial charge in [0.2, 0.25) is 5.95 Å². The lowest BCUT2D eigenvalue weighted by molar-refractivity contribution is 0.666. The van der Waals surface area contributed by atoms with E-state index in [9.17, 15) is 0 Å². The van der Waals surface area contributed by atoms with Crippen molar-refractivity contribution < 1.29 is 4.42 Å². The molecule has 0 radical (unpaired) electrons. The Balaban J connectivity index is 1.22. The average molecular weight is 718 g/mol. The lowest BCUT2D eigenvalue weighted by Crippen LogP contribution is -2.03. The van der Waals surface area contributed by atoms with Crippen molar-refractivity contribution in [1.82, 2.24) is 14.5 Å². The Morgan fingerprint density at radius 3 is 1.89 bits per heavy atom. The van der Waals surface area contributed by atoms with Gasteiger partial charge in [-0.05, 0) is 80.2 Å². The van der Waals surface area contributed by atoms with Crippen LogP contribution in [0.2, 0.25) is 0 Å². The summed E-state index contributed by atoms with van der Waals surface area (Å²) in [5.74, 6) is 0.615. The summed E-state index contributed by atoms with van der Waals surface area (Å²) < 4.78 is 11.4. The van der Waals surface area contributed by atoms with Crippen LogP contribution >= 0.6 is 11.3 Å². The van der Waals surface area contributed by atoms with Crippen molar-refractivity contribution in [1.29, 1.82) is 0 Å². The summed E-state index contributed by atoms with van der Waals surface area (Å²) in [4.78, 5) is 10.9. The zero-order chi connectivity index (χ0) is 35.8. The first-order chi connectivity index (χ1) is 27.3. The van der Waals surface area contributed by atoms with E-state index in [0.29, 0.717) is 11.5 Å². The summed E-state index contributed by atoms with van der Waals surface area (Å²) in [6.07, 6.45) is 0. The number of benzene rings is 9. The smallest absolute Gasteiger partial charge is 0.236 e. The van der Waals surface area contributed by atoms with E-state index in [-0.39, 0.29) is 0 Å². The molecule has 4 nitrogen and oxygen atoms in total. The molecular formula is C50H27N3OS. The minimum atomic E-state index is 0.615. The number of hydrogen-bond acceptors (Lipinski definition) is 4. The molecule has 0 saturated carbocycles. The topological polar surface area (TPSA) is 43.9 Å². The van der Waals surface area contributed by atoms with Gasteiger partial charge >= 0.3 is 0 Å². The standard InChI is InChI=1S/C50H27N3OS/c1-2-12-30-28(11-1)21-24-39-45(30)46-40(25-23-36-33-15-4-3-13-31(33)32-14-5-6-17-35(32)44(36)46)53(39)50-51-47(49-48(52-50)37-18-7-9-19-41(37)54-49)29-22-26-43-38(27-29)34-16-8-10-20-42(34)55-43/h1-27H. The van der Waals surface area contributed by atoms with Gasteiger partial charge in [0.15, 0.2) is 5.58 Å². The van der Waals surface area contributed by atoms with Crippen molar-refractivity contribution in [3.8, 4) is 17.2 Å². The van der Waals surface area contributed by atoms with E-state index in [0.717, 1.165) is 38.8 Å². The number of rotatable bonds is 2. The quantitative estimate of drug-likeness (QED) is 0.167. The van der Waals surface area contributed by atoms with Gasteiger partial charge < -0.3 is 4.42 Å². The largest absolute Gasteiger partial charge is 0.452 e. The van der Waals surface area contributed by atoms with Crippen molar-refractivity contribution in [3.05, 3.63) is 164 Å². The highest BCUT2D eigenvalue weighted by molar-refractivity contribution is 7.25. The highest BCUT2D eigenvalue weighted by atomic mass is 32.1. The molecule has 0 saturated heterocycles. The van der Waals surface area contributed by atoms with Crippen LogP contribution in [-0.2, 0) is 0 Å². The fraction of sp³-hybridized carbons (Fsp3) is 0. The molecule has 0 atom stereocenters. The summed E-state index contributed by atoms with van der Waals surface area (Å²) in [5.41, 5.74) is 6.20. The zero-order valence-electron chi connectivity index (χ0n) is 29.2. The summed E-state index contributed by atoms with van der Waals surface area (Å²) in [7, 11) is 0. The highest BCUT2D eigenvalue weighted by Crippen LogP contribution is 2.46. The van der Waals surface area contributed by atoms with Crippen LogP contribution in [0, 0.1) is 0 Å². The van der Waals surface area contributed by atoms with Crippen LogP contribution in [0.15, 0.2) is 168 Å². The minimum Gasteiger partial charge on any atom is -0.452 e. The molecule has 5 heteroatoms. The molecule has 0 aliphatic heterocycles.